The van der Waals surface area contributed by atoms with Gasteiger partial charge in [0, 0.05) is 17.1 Å². The summed E-state index contributed by atoms with van der Waals surface area (Å²) in [5.41, 5.74) is 3.02. The van der Waals surface area contributed by atoms with Gasteiger partial charge in [-0.3, -0.25) is 10.1 Å². The first-order chi connectivity index (χ1) is 8.74. The second-order valence-corrected chi connectivity index (χ2v) is 5.64. The number of halogens is 2. The number of thioether (sulfide) groups is 1. The fourth-order valence-electron chi connectivity index (χ4n) is 1.86. The van der Waals surface area contributed by atoms with Crippen LogP contribution in [0.4, 0.5) is 4.39 Å². The van der Waals surface area contributed by atoms with Gasteiger partial charge in [-0.1, -0.05) is 11.6 Å². The third kappa shape index (κ3) is 1.64. The summed E-state index contributed by atoms with van der Waals surface area (Å²) >= 11 is 8.88. The van der Waals surface area contributed by atoms with Crippen molar-refractivity contribution in [3.05, 3.63) is 28.7 Å². The van der Waals surface area contributed by atoms with Crippen molar-refractivity contribution in [1.29, 1.82) is 0 Å². The first-order valence-corrected chi connectivity index (χ1v) is 7.49. The largest absolute Gasteiger partial charge is 0.277 e. The molecule has 2 heterocycles. The molecule has 0 bridgehead atoms. The molecule has 3 nitrogen and oxygen atoms in total. The molecule has 1 aromatic carbocycles. The molecule has 3 aromatic rings. The molecule has 0 aliphatic heterocycles. The van der Waals surface area contributed by atoms with Crippen LogP contribution in [0.25, 0.3) is 21.3 Å². The summed E-state index contributed by atoms with van der Waals surface area (Å²) in [6.45, 7) is 0. The molecule has 0 fully saturated rings. The van der Waals surface area contributed by atoms with Crippen molar-refractivity contribution in [3.63, 3.8) is 0 Å². The Morgan fingerprint density at radius 1 is 1.44 bits per heavy atom. The molecular weight excluding hydrogens is 293 g/mol. The smallest absolute Gasteiger partial charge is 0.158 e. The first kappa shape index (κ1) is 12.0. The van der Waals surface area contributed by atoms with Gasteiger partial charge in [0.25, 0.3) is 0 Å². The van der Waals surface area contributed by atoms with E-state index in [9.17, 15) is 4.39 Å². The Morgan fingerprint density at radius 3 is 2.94 bits per heavy atom. The normalized spacial score (nSPS) is 11.3. The Labute approximate surface area is 115 Å². The summed E-state index contributed by atoms with van der Waals surface area (Å²) in [4.78, 5) is 5.32. The summed E-state index contributed by atoms with van der Waals surface area (Å²) in [7, 11) is 0. The van der Waals surface area contributed by atoms with Gasteiger partial charge in [0.15, 0.2) is 5.82 Å². The Morgan fingerprint density at radius 2 is 2.28 bits per heavy atom. The molecule has 92 valence electrons. The minimum absolute atomic E-state index is 0.123. The Balaban J connectivity index is 2.46. The number of thiazole rings is 1. The van der Waals surface area contributed by atoms with Gasteiger partial charge in [-0.25, -0.2) is 4.39 Å². The Hall–Kier alpha value is -1.11. The Bertz CT molecular complexity index is 709. The first-order valence-electron chi connectivity index (χ1n) is 5.01. The van der Waals surface area contributed by atoms with Crippen molar-refractivity contribution >= 4 is 45.6 Å². The maximum Gasteiger partial charge on any atom is 0.158 e. The number of aromatic amines is 1. The van der Waals surface area contributed by atoms with E-state index in [0.717, 1.165) is 10.3 Å². The summed E-state index contributed by atoms with van der Waals surface area (Å²) in [5.74, 6) is -0.413. The SMILES string of the molecule is CSc1c(F)c(Cl)c(-c2cncs2)c2cn[nH]c12. The van der Waals surface area contributed by atoms with Gasteiger partial charge in [0.1, 0.15) is 0 Å². The van der Waals surface area contributed by atoms with E-state index in [1.165, 1.54) is 23.1 Å². The predicted molar refractivity (Wildman–Crippen MR) is 74.0 cm³/mol. The van der Waals surface area contributed by atoms with Gasteiger partial charge in [0.2, 0.25) is 0 Å². The highest BCUT2D eigenvalue weighted by atomic mass is 35.5. The number of hydrogen-bond acceptors (Lipinski definition) is 4. The van der Waals surface area contributed by atoms with E-state index in [0.29, 0.717) is 16.0 Å². The van der Waals surface area contributed by atoms with Crippen LogP contribution < -0.4 is 0 Å². The predicted octanol–water partition coefficient (Wildman–Crippen LogP) is 4.20. The van der Waals surface area contributed by atoms with Crippen LogP contribution in [0.3, 0.4) is 0 Å². The monoisotopic (exact) mass is 299 g/mol. The van der Waals surface area contributed by atoms with E-state index in [1.54, 1.807) is 24.2 Å². The number of nitrogens with zero attached hydrogens (tertiary/aromatic N) is 2. The maximum atomic E-state index is 14.2. The zero-order valence-electron chi connectivity index (χ0n) is 9.20. The van der Waals surface area contributed by atoms with Crippen molar-refractivity contribution < 1.29 is 4.39 Å². The van der Waals surface area contributed by atoms with Crippen molar-refractivity contribution in [2.24, 2.45) is 0 Å². The van der Waals surface area contributed by atoms with Crippen LogP contribution in [0, 0.1) is 5.82 Å². The number of benzene rings is 1. The average Bonchev–Trinajstić information content (AvgIpc) is 3.02. The van der Waals surface area contributed by atoms with E-state index in [2.05, 4.69) is 15.2 Å². The molecule has 0 saturated carbocycles. The van der Waals surface area contributed by atoms with E-state index < -0.39 is 5.82 Å². The van der Waals surface area contributed by atoms with Crippen molar-refractivity contribution in [1.82, 2.24) is 15.2 Å². The minimum Gasteiger partial charge on any atom is -0.277 e. The third-order valence-corrected chi connectivity index (χ3v) is 4.57. The zero-order valence-corrected chi connectivity index (χ0v) is 11.6. The van der Waals surface area contributed by atoms with E-state index in [4.69, 9.17) is 11.6 Å². The minimum atomic E-state index is -0.413. The highest BCUT2D eigenvalue weighted by Crippen LogP contribution is 2.42. The molecular formula is C11H7ClFN3S2. The molecule has 0 aliphatic rings. The van der Waals surface area contributed by atoms with Gasteiger partial charge >= 0.3 is 0 Å². The van der Waals surface area contributed by atoms with Crippen LogP contribution in [-0.4, -0.2) is 21.4 Å². The van der Waals surface area contributed by atoms with Crippen LogP contribution >= 0.6 is 34.7 Å². The van der Waals surface area contributed by atoms with Crippen molar-refractivity contribution in [2.75, 3.05) is 6.26 Å². The second-order valence-electron chi connectivity index (χ2n) is 3.56. The van der Waals surface area contributed by atoms with Crippen molar-refractivity contribution in [3.8, 4) is 10.4 Å². The van der Waals surface area contributed by atoms with Crippen LogP contribution in [0.2, 0.25) is 5.02 Å². The lowest BCUT2D eigenvalue weighted by Crippen LogP contribution is -1.89. The van der Waals surface area contributed by atoms with Gasteiger partial charge in [0.05, 0.1) is 32.0 Å². The molecule has 0 atom stereocenters. The molecule has 0 spiro atoms. The van der Waals surface area contributed by atoms with Gasteiger partial charge in [-0.05, 0) is 6.26 Å². The number of H-pyrrole nitrogens is 1. The van der Waals surface area contributed by atoms with Gasteiger partial charge in [-0.2, -0.15) is 5.10 Å². The molecule has 18 heavy (non-hydrogen) atoms. The summed E-state index contributed by atoms with van der Waals surface area (Å²) < 4.78 is 14.2. The molecule has 0 saturated heterocycles. The highest BCUT2D eigenvalue weighted by molar-refractivity contribution is 7.98. The number of aromatic nitrogens is 3. The van der Waals surface area contributed by atoms with Crippen molar-refractivity contribution in [2.45, 2.75) is 4.90 Å². The quantitative estimate of drug-likeness (QED) is 0.721. The number of fused-ring (bicyclic) bond motifs is 1. The maximum absolute atomic E-state index is 14.2. The standard InChI is InChI=1S/C11H7ClFN3S2/c1-17-11-9(13)8(12)7(6-3-14-4-18-6)5-2-15-16-10(5)11/h2-4H,1H3,(H,15,16). The molecule has 0 radical (unpaired) electrons. The van der Waals surface area contributed by atoms with E-state index in [-0.39, 0.29) is 5.02 Å². The lowest BCUT2D eigenvalue weighted by Gasteiger charge is -2.08. The zero-order chi connectivity index (χ0) is 12.7. The second kappa shape index (κ2) is 4.53. The fourth-order valence-corrected chi connectivity index (χ4v) is 3.60. The van der Waals surface area contributed by atoms with Crippen LogP contribution in [-0.2, 0) is 0 Å². The van der Waals surface area contributed by atoms with Crippen LogP contribution in [0.1, 0.15) is 0 Å². The van der Waals surface area contributed by atoms with Crippen LogP contribution in [0.5, 0.6) is 0 Å². The van der Waals surface area contributed by atoms with Crippen LogP contribution in [0.15, 0.2) is 22.8 Å². The summed E-state index contributed by atoms with van der Waals surface area (Å²) in [6.07, 6.45) is 5.15. The van der Waals surface area contributed by atoms with E-state index >= 15 is 0 Å². The molecule has 3 rings (SSSR count). The molecule has 2 aromatic heterocycles. The highest BCUT2D eigenvalue weighted by Gasteiger charge is 2.21. The van der Waals surface area contributed by atoms with Gasteiger partial charge < -0.3 is 0 Å². The number of nitrogens with one attached hydrogen (secondary N) is 1. The summed E-state index contributed by atoms with van der Waals surface area (Å²) in [6, 6.07) is 0. The molecule has 0 amide bonds. The number of rotatable bonds is 2. The van der Waals surface area contributed by atoms with Gasteiger partial charge in [-0.15, -0.1) is 23.1 Å². The lowest BCUT2D eigenvalue weighted by molar-refractivity contribution is 0.606. The lowest BCUT2D eigenvalue weighted by atomic mass is 10.1. The summed E-state index contributed by atoms with van der Waals surface area (Å²) in [5, 5.41) is 7.74. The molecule has 1 N–H and O–H groups in total. The Kier molecular flexibility index (Phi) is 3.01. The topological polar surface area (TPSA) is 41.6 Å². The molecule has 7 heteroatoms. The number of hydrogen-bond donors (Lipinski definition) is 1. The molecule has 0 aliphatic carbocycles. The fraction of sp³-hybridized carbons (Fsp3) is 0.0909. The average molecular weight is 300 g/mol. The third-order valence-electron chi connectivity index (χ3n) is 2.63. The van der Waals surface area contributed by atoms with E-state index in [1.807, 2.05) is 0 Å². The molecule has 0 unspecified atom stereocenters.